The number of methoxy groups -OCH3 is 1. The van der Waals surface area contributed by atoms with E-state index < -0.39 is 0 Å². The van der Waals surface area contributed by atoms with Gasteiger partial charge in [-0.05, 0) is 41.6 Å². The molecule has 2 aromatic heterocycles. The zero-order chi connectivity index (χ0) is 18.8. The van der Waals surface area contributed by atoms with E-state index in [0.29, 0.717) is 27.6 Å². The van der Waals surface area contributed by atoms with E-state index in [1.165, 1.54) is 11.8 Å². The van der Waals surface area contributed by atoms with Crippen LogP contribution in [0.1, 0.15) is 18.0 Å². The summed E-state index contributed by atoms with van der Waals surface area (Å²) in [6.07, 6.45) is 0. The molecule has 1 N–H and O–H groups in total. The van der Waals surface area contributed by atoms with Gasteiger partial charge in [-0.15, -0.1) is 5.10 Å². The lowest BCUT2D eigenvalue weighted by Crippen LogP contribution is -2.13. The maximum atomic E-state index is 12.3. The van der Waals surface area contributed by atoms with E-state index in [4.69, 9.17) is 4.74 Å². The molecule has 0 aliphatic carbocycles. The number of thioether (sulfide) groups is 1. The number of nitrogens with one attached hydrogen (secondary N) is 1. The molecule has 1 atom stereocenters. The molecule has 0 bridgehead atoms. The molecule has 0 aliphatic rings. The van der Waals surface area contributed by atoms with Gasteiger partial charge in [-0.3, -0.25) is 4.79 Å². The van der Waals surface area contributed by atoms with Gasteiger partial charge in [0.15, 0.2) is 0 Å². The molecule has 1 unspecified atom stereocenters. The van der Waals surface area contributed by atoms with Crippen molar-refractivity contribution < 1.29 is 4.74 Å². The van der Waals surface area contributed by atoms with Crippen LogP contribution in [0.25, 0.3) is 16.6 Å². The Bertz CT molecular complexity index is 1160. The SMILES string of the molecule is COc1ccccc1-n1nnnc1SC(C)c1nc2ccccc2c(=O)[nH]1. The minimum atomic E-state index is -0.165. The number of tetrazole rings is 1. The maximum Gasteiger partial charge on any atom is 0.258 e. The fraction of sp³-hybridized carbons (Fsp3) is 0.167. The molecule has 0 aliphatic heterocycles. The second kappa shape index (κ2) is 7.20. The minimum Gasteiger partial charge on any atom is -0.494 e. The van der Waals surface area contributed by atoms with Crippen molar-refractivity contribution in [1.82, 2.24) is 30.2 Å². The van der Waals surface area contributed by atoms with Crippen molar-refractivity contribution in [2.75, 3.05) is 7.11 Å². The summed E-state index contributed by atoms with van der Waals surface area (Å²) in [5.41, 5.74) is 1.24. The third-order valence-electron chi connectivity index (χ3n) is 4.05. The van der Waals surface area contributed by atoms with Gasteiger partial charge >= 0.3 is 0 Å². The number of hydrogen-bond donors (Lipinski definition) is 1. The Balaban J connectivity index is 1.68. The van der Waals surface area contributed by atoms with Crippen molar-refractivity contribution in [3.8, 4) is 11.4 Å². The first-order chi connectivity index (χ1) is 13.2. The highest BCUT2D eigenvalue weighted by atomic mass is 32.2. The van der Waals surface area contributed by atoms with Gasteiger partial charge in [0.05, 0.1) is 23.3 Å². The largest absolute Gasteiger partial charge is 0.494 e. The van der Waals surface area contributed by atoms with Crippen LogP contribution >= 0.6 is 11.8 Å². The number of fused-ring (bicyclic) bond motifs is 1. The van der Waals surface area contributed by atoms with Crippen LogP contribution < -0.4 is 10.3 Å². The van der Waals surface area contributed by atoms with E-state index in [2.05, 4.69) is 25.5 Å². The summed E-state index contributed by atoms with van der Waals surface area (Å²) in [4.78, 5) is 19.7. The van der Waals surface area contributed by atoms with E-state index in [1.807, 2.05) is 49.4 Å². The third kappa shape index (κ3) is 3.28. The predicted octanol–water partition coefficient (Wildman–Crippen LogP) is 2.76. The molecule has 136 valence electrons. The van der Waals surface area contributed by atoms with E-state index >= 15 is 0 Å². The van der Waals surface area contributed by atoms with Crippen LogP contribution in [0.3, 0.4) is 0 Å². The highest BCUT2D eigenvalue weighted by Crippen LogP contribution is 2.33. The van der Waals surface area contributed by atoms with Crippen LogP contribution in [0.2, 0.25) is 0 Å². The molecule has 0 radical (unpaired) electrons. The normalized spacial score (nSPS) is 12.2. The second-order valence-electron chi connectivity index (χ2n) is 5.77. The number of para-hydroxylation sites is 3. The van der Waals surface area contributed by atoms with Crippen LogP contribution in [0.4, 0.5) is 0 Å². The highest BCUT2D eigenvalue weighted by molar-refractivity contribution is 7.99. The van der Waals surface area contributed by atoms with E-state index in [-0.39, 0.29) is 10.8 Å². The Kier molecular flexibility index (Phi) is 4.59. The molecular weight excluding hydrogens is 364 g/mol. The van der Waals surface area contributed by atoms with E-state index in [1.54, 1.807) is 17.9 Å². The first-order valence-corrected chi connectivity index (χ1v) is 9.12. The standard InChI is InChI=1S/C18H16N6O2S/c1-11(16-19-13-8-4-3-7-12(13)17(25)20-16)27-18-21-22-23-24(18)14-9-5-6-10-15(14)26-2/h3-11H,1-2H3,(H,19,20,25). The molecule has 8 nitrogen and oxygen atoms in total. The van der Waals surface area contributed by atoms with Gasteiger partial charge in [-0.1, -0.05) is 36.0 Å². The van der Waals surface area contributed by atoms with Crippen molar-refractivity contribution >= 4 is 22.7 Å². The Morgan fingerprint density at radius 1 is 1.15 bits per heavy atom. The van der Waals surface area contributed by atoms with Crippen LogP contribution in [-0.4, -0.2) is 37.3 Å². The Morgan fingerprint density at radius 2 is 1.93 bits per heavy atom. The van der Waals surface area contributed by atoms with Crippen LogP contribution in [0.5, 0.6) is 5.75 Å². The lowest BCUT2D eigenvalue weighted by Gasteiger charge is -2.12. The summed E-state index contributed by atoms with van der Waals surface area (Å²) < 4.78 is 7.00. The maximum absolute atomic E-state index is 12.3. The van der Waals surface area contributed by atoms with Crippen LogP contribution in [0.15, 0.2) is 58.5 Å². The molecule has 0 fully saturated rings. The van der Waals surface area contributed by atoms with Crippen LogP contribution in [-0.2, 0) is 0 Å². The van der Waals surface area contributed by atoms with Gasteiger partial charge in [0.1, 0.15) is 17.3 Å². The Hall–Kier alpha value is -3.20. The molecule has 4 rings (SSSR count). The van der Waals surface area contributed by atoms with Crippen LogP contribution in [0, 0.1) is 0 Å². The average molecular weight is 380 g/mol. The van der Waals surface area contributed by atoms with Crippen molar-refractivity contribution in [1.29, 1.82) is 0 Å². The van der Waals surface area contributed by atoms with Gasteiger partial charge in [-0.25, -0.2) is 4.98 Å². The fourth-order valence-electron chi connectivity index (χ4n) is 2.72. The predicted molar refractivity (Wildman–Crippen MR) is 102 cm³/mol. The van der Waals surface area contributed by atoms with Gasteiger partial charge in [0, 0.05) is 0 Å². The molecule has 0 spiro atoms. The molecule has 0 saturated heterocycles. The van der Waals surface area contributed by atoms with Crippen molar-refractivity contribution in [3.05, 3.63) is 64.7 Å². The Labute approximate surface area is 158 Å². The number of aromatic amines is 1. The molecule has 27 heavy (non-hydrogen) atoms. The van der Waals surface area contributed by atoms with E-state index in [9.17, 15) is 4.79 Å². The van der Waals surface area contributed by atoms with Crippen molar-refractivity contribution in [2.45, 2.75) is 17.3 Å². The number of hydrogen-bond acceptors (Lipinski definition) is 7. The van der Waals surface area contributed by atoms with E-state index in [0.717, 1.165) is 5.69 Å². The molecule has 0 amide bonds. The van der Waals surface area contributed by atoms with Gasteiger partial charge in [-0.2, -0.15) is 4.68 Å². The molecule has 4 aromatic rings. The fourth-order valence-corrected chi connectivity index (χ4v) is 3.58. The molecular formula is C18H16N6O2S. The number of ether oxygens (including phenoxy) is 1. The minimum absolute atomic E-state index is 0.160. The van der Waals surface area contributed by atoms with Crippen molar-refractivity contribution in [2.24, 2.45) is 0 Å². The molecule has 0 saturated carbocycles. The lowest BCUT2D eigenvalue weighted by molar-refractivity contribution is 0.410. The Morgan fingerprint density at radius 3 is 2.78 bits per heavy atom. The first-order valence-electron chi connectivity index (χ1n) is 8.25. The number of benzene rings is 2. The summed E-state index contributed by atoms with van der Waals surface area (Å²) in [6.45, 7) is 1.94. The number of aromatic nitrogens is 6. The smallest absolute Gasteiger partial charge is 0.258 e. The van der Waals surface area contributed by atoms with Gasteiger partial charge < -0.3 is 9.72 Å². The monoisotopic (exact) mass is 380 g/mol. The third-order valence-corrected chi connectivity index (χ3v) is 5.09. The molecule has 2 aromatic carbocycles. The number of rotatable bonds is 5. The summed E-state index contributed by atoms with van der Waals surface area (Å²) >= 11 is 1.40. The zero-order valence-electron chi connectivity index (χ0n) is 14.7. The number of H-pyrrole nitrogens is 1. The summed E-state index contributed by atoms with van der Waals surface area (Å²) in [6, 6.07) is 14.7. The summed E-state index contributed by atoms with van der Waals surface area (Å²) in [5.74, 6) is 1.23. The first kappa shape index (κ1) is 17.2. The summed E-state index contributed by atoms with van der Waals surface area (Å²) in [5, 5.41) is 12.9. The highest BCUT2D eigenvalue weighted by Gasteiger charge is 2.19. The quantitative estimate of drug-likeness (QED) is 0.532. The second-order valence-corrected chi connectivity index (χ2v) is 7.08. The topological polar surface area (TPSA) is 98.6 Å². The number of nitrogens with zero attached hydrogens (tertiary/aromatic N) is 5. The molecule has 2 heterocycles. The zero-order valence-corrected chi connectivity index (χ0v) is 15.5. The van der Waals surface area contributed by atoms with Gasteiger partial charge in [0.25, 0.3) is 5.56 Å². The summed E-state index contributed by atoms with van der Waals surface area (Å²) in [7, 11) is 1.60. The van der Waals surface area contributed by atoms with Gasteiger partial charge in [0.2, 0.25) is 5.16 Å². The molecule has 9 heteroatoms. The van der Waals surface area contributed by atoms with Crippen molar-refractivity contribution in [3.63, 3.8) is 0 Å². The average Bonchev–Trinajstić information content (AvgIpc) is 3.15. The lowest BCUT2D eigenvalue weighted by atomic mass is 10.2.